The molecule has 8 heteroatoms. The van der Waals surface area contributed by atoms with Crippen LogP contribution in [0.3, 0.4) is 0 Å². The summed E-state index contributed by atoms with van der Waals surface area (Å²) >= 11 is 0. The molecule has 3 N–H and O–H groups in total. The number of nitrogens with zero attached hydrogens (tertiary/aromatic N) is 2. The van der Waals surface area contributed by atoms with Gasteiger partial charge < -0.3 is 15.4 Å². The average molecular weight is 386 g/mol. The van der Waals surface area contributed by atoms with Crippen LogP contribution in [-0.4, -0.2) is 65.9 Å². The van der Waals surface area contributed by atoms with Gasteiger partial charge in [-0.2, -0.15) is 0 Å². The number of piperidine rings is 1. The monoisotopic (exact) mass is 386 g/mol. The van der Waals surface area contributed by atoms with E-state index in [0.717, 1.165) is 24.1 Å². The van der Waals surface area contributed by atoms with Crippen LogP contribution in [-0.2, 0) is 27.4 Å². The van der Waals surface area contributed by atoms with Crippen molar-refractivity contribution in [1.29, 1.82) is 0 Å². The van der Waals surface area contributed by atoms with Crippen LogP contribution in [0.15, 0.2) is 18.2 Å². The Hall–Kier alpha value is -2.29. The first-order chi connectivity index (χ1) is 13.5. The average Bonchev–Trinajstić information content (AvgIpc) is 3.23. The molecule has 3 heterocycles. The first-order valence-corrected chi connectivity index (χ1v) is 9.73. The lowest BCUT2D eigenvalue weighted by Crippen LogP contribution is -2.52. The quantitative estimate of drug-likeness (QED) is 0.690. The summed E-state index contributed by atoms with van der Waals surface area (Å²) in [7, 11) is 1.72. The molecule has 0 aliphatic carbocycles. The zero-order chi connectivity index (χ0) is 19.8. The van der Waals surface area contributed by atoms with E-state index in [4.69, 9.17) is 10.5 Å². The van der Waals surface area contributed by atoms with Gasteiger partial charge in [0.05, 0.1) is 6.10 Å². The second-order valence-corrected chi connectivity index (χ2v) is 7.80. The Labute approximate surface area is 164 Å². The lowest BCUT2D eigenvalue weighted by atomic mass is 10.0. The molecule has 0 saturated carbocycles. The summed E-state index contributed by atoms with van der Waals surface area (Å²) in [5, 5.41) is 2.33. The van der Waals surface area contributed by atoms with E-state index in [0.29, 0.717) is 31.6 Å². The van der Waals surface area contributed by atoms with E-state index < -0.39 is 6.04 Å². The van der Waals surface area contributed by atoms with Gasteiger partial charge in [0.25, 0.3) is 5.91 Å². The maximum Gasteiger partial charge on any atom is 0.255 e. The van der Waals surface area contributed by atoms with Crippen LogP contribution in [0, 0.1) is 0 Å². The van der Waals surface area contributed by atoms with E-state index in [1.165, 1.54) is 0 Å². The van der Waals surface area contributed by atoms with Gasteiger partial charge in [-0.25, -0.2) is 0 Å². The Bertz CT molecular complexity index is 811. The summed E-state index contributed by atoms with van der Waals surface area (Å²) in [4.78, 5) is 40.4. The Balaban J connectivity index is 1.49. The fourth-order valence-corrected chi connectivity index (χ4v) is 4.48. The Morgan fingerprint density at radius 3 is 2.82 bits per heavy atom. The van der Waals surface area contributed by atoms with Crippen molar-refractivity contribution in [1.82, 2.24) is 15.1 Å². The van der Waals surface area contributed by atoms with Crippen molar-refractivity contribution in [2.45, 2.75) is 50.5 Å². The van der Waals surface area contributed by atoms with E-state index in [1.54, 1.807) is 12.0 Å². The number of nitrogens with one attached hydrogen (secondary N) is 1. The second-order valence-electron chi connectivity index (χ2n) is 7.80. The van der Waals surface area contributed by atoms with Crippen LogP contribution < -0.4 is 11.1 Å². The zero-order valence-electron chi connectivity index (χ0n) is 16.0. The number of methoxy groups -OCH3 is 1. The van der Waals surface area contributed by atoms with Gasteiger partial charge in [-0.15, -0.1) is 0 Å². The molecule has 1 aromatic rings. The Morgan fingerprint density at radius 1 is 1.29 bits per heavy atom. The highest BCUT2D eigenvalue weighted by Gasteiger charge is 2.39. The highest BCUT2D eigenvalue weighted by atomic mass is 16.5. The predicted molar refractivity (Wildman–Crippen MR) is 101 cm³/mol. The normalized spacial score (nSPS) is 28.0. The van der Waals surface area contributed by atoms with Crippen molar-refractivity contribution in [3.8, 4) is 0 Å². The van der Waals surface area contributed by atoms with Crippen molar-refractivity contribution in [3.63, 3.8) is 0 Å². The number of hydrogen-bond acceptors (Lipinski definition) is 6. The number of amides is 3. The molecule has 0 spiro atoms. The molecule has 3 amide bonds. The molecule has 3 aliphatic rings. The first-order valence-electron chi connectivity index (χ1n) is 9.73. The highest BCUT2D eigenvalue weighted by molar-refractivity contribution is 6.05. The number of benzene rings is 1. The van der Waals surface area contributed by atoms with Crippen LogP contribution in [0.5, 0.6) is 0 Å². The van der Waals surface area contributed by atoms with Gasteiger partial charge >= 0.3 is 0 Å². The molecule has 2 fully saturated rings. The second kappa shape index (κ2) is 7.62. The van der Waals surface area contributed by atoms with Crippen molar-refractivity contribution in [2.24, 2.45) is 5.73 Å². The number of likely N-dealkylation sites (tertiary alicyclic amines) is 1. The number of imide groups is 1. The SMILES string of the molecule is CO[C@H]1C[C@@H](CN)N(Cc2ccc3c(c2)C(=O)N(C2CCC(=O)NC2=O)C3)C1. The summed E-state index contributed by atoms with van der Waals surface area (Å²) in [6, 6.07) is 5.62. The molecule has 28 heavy (non-hydrogen) atoms. The van der Waals surface area contributed by atoms with Crippen LogP contribution in [0.1, 0.15) is 40.7 Å². The molecule has 0 bridgehead atoms. The summed E-state index contributed by atoms with van der Waals surface area (Å²) in [6.07, 6.45) is 1.74. The zero-order valence-corrected chi connectivity index (χ0v) is 16.0. The van der Waals surface area contributed by atoms with Crippen molar-refractivity contribution in [2.75, 3.05) is 20.2 Å². The third kappa shape index (κ3) is 3.43. The van der Waals surface area contributed by atoms with E-state index in [-0.39, 0.29) is 36.3 Å². The molecule has 0 radical (unpaired) electrons. The van der Waals surface area contributed by atoms with Gasteiger partial charge in [0.15, 0.2) is 0 Å². The smallest absolute Gasteiger partial charge is 0.255 e. The molecule has 4 rings (SSSR count). The number of nitrogens with two attached hydrogens (primary N) is 1. The number of ether oxygens (including phenoxy) is 1. The van der Waals surface area contributed by atoms with Crippen molar-refractivity contribution >= 4 is 17.7 Å². The van der Waals surface area contributed by atoms with Gasteiger partial charge in [-0.1, -0.05) is 12.1 Å². The molecule has 8 nitrogen and oxygen atoms in total. The minimum Gasteiger partial charge on any atom is -0.380 e. The van der Waals surface area contributed by atoms with Gasteiger partial charge in [0, 0.05) is 51.3 Å². The third-order valence-electron chi connectivity index (χ3n) is 6.07. The van der Waals surface area contributed by atoms with Gasteiger partial charge in [-0.3, -0.25) is 24.6 Å². The standard InChI is InChI=1S/C20H26N4O4/c1-28-15-7-14(8-21)23(11-15)9-12-2-3-13-10-24(20(27)16(13)6-12)17-4-5-18(25)22-19(17)26/h2-3,6,14-15,17H,4-5,7-11,21H2,1H3,(H,22,25,26)/t14-,15-,17?/m0/s1. The van der Waals surface area contributed by atoms with E-state index in [9.17, 15) is 14.4 Å². The molecule has 1 unspecified atom stereocenters. The van der Waals surface area contributed by atoms with Crippen LogP contribution in [0.4, 0.5) is 0 Å². The molecule has 3 aliphatic heterocycles. The highest BCUT2D eigenvalue weighted by Crippen LogP contribution is 2.29. The lowest BCUT2D eigenvalue weighted by Gasteiger charge is -2.29. The summed E-state index contributed by atoms with van der Waals surface area (Å²) in [5.74, 6) is -0.800. The maximum absolute atomic E-state index is 12.9. The fourth-order valence-electron chi connectivity index (χ4n) is 4.48. The number of fused-ring (bicyclic) bond motifs is 1. The number of carbonyl (C=O) groups excluding carboxylic acids is 3. The van der Waals surface area contributed by atoms with Gasteiger partial charge in [-0.05, 0) is 30.0 Å². The molecular formula is C20H26N4O4. The third-order valence-corrected chi connectivity index (χ3v) is 6.07. The summed E-state index contributed by atoms with van der Waals surface area (Å²) in [5.41, 5.74) is 8.53. The van der Waals surface area contributed by atoms with Crippen molar-refractivity contribution < 1.29 is 19.1 Å². The first kappa shape index (κ1) is 19.0. The number of rotatable bonds is 5. The Morgan fingerprint density at radius 2 is 2.11 bits per heavy atom. The van der Waals surface area contributed by atoms with E-state index in [2.05, 4.69) is 10.2 Å². The number of carbonyl (C=O) groups is 3. The molecule has 3 atom stereocenters. The molecule has 1 aromatic carbocycles. The minimum absolute atomic E-state index is 0.141. The van der Waals surface area contributed by atoms with Crippen LogP contribution in [0.25, 0.3) is 0 Å². The van der Waals surface area contributed by atoms with E-state index >= 15 is 0 Å². The Kier molecular flexibility index (Phi) is 5.18. The van der Waals surface area contributed by atoms with Crippen LogP contribution >= 0.6 is 0 Å². The summed E-state index contributed by atoms with van der Waals surface area (Å²) in [6.45, 7) is 2.52. The topological polar surface area (TPSA) is 105 Å². The molecule has 0 aromatic heterocycles. The molecular weight excluding hydrogens is 360 g/mol. The summed E-state index contributed by atoms with van der Waals surface area (Å²) < 4.78 is 5.48. The largest absolute Gasteiger partial charge is 0.380 e. The van der Waals surface area contributed by atoms with E-state index in [1.807, 2.05) is 18.2 Å². The molecule has 2 saturated heterocycles. The van der Waals surface area contributed by atoms with Crippen molar-refractivity contribution in [3.05, 3.63) is 34.9 Å². The predicted octanol–water partition coefficient (Wildman–Crippen LogP) is -0.00440. The lowest BCUT2D eigenvalue weighted by molar-refractivity contribution is -0.136. The van der Waals surface area contributed by atoms with Gasteiger partial charge in [0.1, 0.15) is 6.04 Å². The molecule has 150 valence electrons. The maximum atomic E-state index is 12.9. The number of hydrogen-bond donors (Lipinski definition) is 2. The van der Waals surface area contributed by atoms with Crippen LogP contribution in [0.2, 0.25) is 0 Å². The van der Waals surface area contributed by atoms with Gasteiger partial charge in [0.2, 0.25) is 11.8 Å². The fraction of sp³-hybridized carbons (Fsp3) is 0.550. The minimum atomic E-state index is -0.580.